The molecule has 0 saturated carbocycles. The fourth-order valence-electron chi connectivity index (χ4n) is 2.35. The Kier molecular flexibility index (Phi) is 4.72. The number of piperidine rings is 1. The molecule has 114 valence electrons. The minimum atomic E-state index is -0.478. The van der Waals surface area contributed by atoms with Gasteiger partial charge in [-0.1, -0.05) is 6.92 Å². The number of hydrogen-bond acceptors (Lipinski definition) is 4. The summed E-state index contributed by atoms with van der Waals surface area (Å²) in [5.41, 5.74) is -0.945. The van der Waals surface area contributed by atoms with Crippen LogP contribution in [0.1, 0.15) is 26.2 Å². The highest BCUT2D eigenvalue weighted by Gasteiger charge is 2.21. The number of rotatable bonds is 4. The number of aryl methyl sites for hydroxylation is 1. The van der Waals surface area contributed by atoms with Gasteiger partial charge in [0.25, 0.3) is 5.56 Å². The van der Waals surface area contributed by atoms with E-state index in [9.17, 15) is 19.2 Å². The normalized spacial score (nSPS) is 15.3. The fourth-order valence-corrected chi connectivity index (χ4v) is 2.35. The molecule has 7 heteroatoms. The zero-order valence-electron chi connectivity index (χ0n) is 12.1. The van der Waals surface area contributed by atoms with Crippen LogP contribution in [0.3, 0.4) is 0 Å². The average molecular weight is 293 g/mol. The number of aromatic nitrogens is 2. The van der Waals surface area contributed by atoms with Crippen LogP contribution in [-0.2, 0) is 22.7 Å². The van der Waals surface area contributed by atoms with E-state index in [4.69, 9.17) is 0 Å². The van der Waals surface area contributed by atoms with Gasteiger partial charge in [-0.05, 0) is 6.42 Å². The zero-order chi connectivity index (χ0) is 15.4. The maximum atomic E-state index is 12.2. The Morgan fingerprint density at radius 2 is 1.86 bits per heavy atom. The highest BCUT2D eigenvalue weighted by atomic mass is 16.2. The number of amides is 1. The number of Topliss-reactive ketones (excluding diaryl/α,β-unsaturated/α-hetero) is 1. The standard InChI is InChI=1S/C14H19N3O4/c1-2-6-16-9-5-12(19)17(14(16)21)10-13(20)15-7-3-11(18)4-8-15/h5,9H,2-4,6-8,10H2,1H3. The molecule has 1 aliphatic heterocycles. The van der Waals surface area contributed by atoms with Gasteiger partial charge in [-0.25, -0.2) is 4.79 Å². The molecule has 1 aliphatic rings. The minimum Gasteiger partial charge on any atom is -0.340 e. The van der Waals surface area contributed by atoms with Gasteiger partial charge in [0, 0.05) is 44.7 Å². The van der Waals surface area contributed by atoms with Gasteiger partial charge in [0.15, 0.2) is 0 Å². The molecule has 1 fully saturated rings. The highest BCUT2D eigenvalue weighted by molar-refractivity contribution is 5.83. The van der Waals surface area contributed by atoms with Crippen LogP contribution in [0.15, 0.2) is 21.9 Å². The lowest BCUT2D eigenvalue weighted by Gasteiger charge is -2.26. The molecule has 0 radical (unpaired) electrons. The monoisotopic (exact) mass is 293 g/mol. The quantitative estimate of drug-likeness (QED) is 0.757. The number of ketones is 1. The van der Waals surface area contributed by atoms with E-state index in [1.165, 1.54) is 21.7 Å². The molecule has 0 aliphatic carbocycles. The molecule has 0 spiro atoms. The summed E-state index contributed by atoms with van der Waals surface area (Å²) in [6.45, 7) is 2.89. The molecule has 0 N–H and O–H groups in total. The molecule has 1 amide bonds. The van der Waals surface area contributed by atoms with Crippen molar-refractivity contribution in [3.05, 3.63) is 33.1 Å². The van der Waals surface area contributed by atoms with Gasteiger partial charge in [0.05, 0.1) is 0 Å². The lowest BCUT2D eigenvalue weighted by atomic mass is 10.1. The van der Waals surface area contributed by atoms with E-state index in [-0.39, 0.29) is 18.2 Å². The second kappa shape index (κ2) is 6.51. The van der Waals surface area contributed by atoms with Crippen LogP contribution in [0, 0.1) is 0 Å². The van der Waals surface area contributed by atoms with Crippen LogP contribution in [0.4, 0.5) is 0 Å². The fraction of sp³-hybridized carbons (Fsp3) is 0.571. The Morgan fingerprint density at radius 1 is 1.19 bits per heavy atom. The number of likely N-dealkylation sites (tertiary alicyclic amines) is 1. The SMILES string of the molecule is CCCn1ccc(=O)n(CC(=O)N2CCC(=O)CC2)c1=O. The molecule has 2 heterocycles. The third-order valence-corrected chi connectivity index (χ3v) is 3.57. The molecule has 21 heavy (non-hydrogen) atoms. The highest BCUT2D eigenvalue weighted by Crippen LogP contribution is 2.06. The van der Waals surface area contributed by atoms with Crippen LogP contribution in [-0.4, -0.2) is 38.8 Å². The Labute approximate surface area is 121 Å². The first-order valence-electron chi connectivity index (χ1n) is 7.12. The molecule has 0 unspecified atom stereocenters. The van der Waals surface area contributed by atoms with Crippen molar-refractivity contribution in [2.45, 2.75) is 39.3 Å². The third-order valence-electron chi connectivity index (χ3n) is 3.57. The van der Waals surface area contributed by atoms with Crippen LogP contribution >= 0.6 is 0 Å². The van der Waals surface area contributed by atoms with Gasteiger partial charge < -0.3 is 9.47 Å². The van der Waals surface area contributed by atoms with Crippen LogP contribution in [0.5, 0.6) is 0 Å². The van der Waals surface area contributed by atoms with E-state index in [1.54, 1.807) is 0 Å². The van der Waals surface area contributed by atoms with Crippen molar-refractivity contribution >= 4 is 11.7 Å². The smallest absolute Gasteiger partial charge is 0.331 e. The molecule has 0 atom stereocenters. The summed E-state index contributed by atoms with van der Waals surface area (Å²) >= 11 is 0. The molecule has 0 aromatic carbocycles. The number of hydrogen-bond donors (Lipinski definition) is 0. The Balaban J connectivity index is 2.17. The number of nitrogens with zero attached hydrogens (tertiary/aromatic N) is 3. The number of carbonyl (C=O) groups excluding carboxylic acids is 2. The maximum absolute atomic E-state index is 12.2. The first-order chi connectivity index (χ1) is 10.0. The van der Waals surface area contributed by atoms with Crippen LogP contribution < -0.4 is 11.2 Å². The van der Waals surface area contributed by atoms with Gasteiger partial charge in [-0.3, -0.25) is 19.0 Å². The topological polar surface area (TPSA) is 81.4 Å². The predicted octanol–water partition coefficient (Wildman–Crippen LogP) is -0.388. The average Bonchev–Trinajstić information content (AvgIpc) is 2.47. The molecule has 1 aromatic heterocycles. The van der Waals surface area contributed by atoms with Crippen molar-refractivity contribution in [2.75, 3.05) is 13.1 Å². The third kappa shape index (κ3) is 3.48. The predicted molar refractivity (Wildman–Crippen MR) is 76.1 cm³/mol. The van der Waals surface area contributed by atoms with E-state index in [0.29, 0.717) is 32.5 Å². The van der Waals surface area contributed by atoms with E-state index in [2.05, 4.69) is 0 Å². The van der Waals surface area contributed by atoms with E-state index >= 15 is 0 Å². The van der Waals surface area contributed by atoms with Crippen molar-refractivity contribution in [1.82, 2.24) is 14.0 Å². The van der Waals surface area contributed by atoms with Gasteiger partial charge in [0.2, 0.25) is 5.91 Å². The van der Waals surface area contributed by atoms with Gasteiger partial charge >= 0.3 is 5.69 Å². The first kappa shape index (κ1) is 15.2. The minimum absolute atomic E-state index is 0.140. The molecule has 7 nitrogen and oxygen atoms in total. The molecule has 2 rings (SSSR count). The van der Waals surface area contributed by atoms with Crippen molar-refractivity contribution in [1.29, 1.82) is 0 Å². The Bertz CT molecular complexity index is 649. The first-order valence-corrected chi connectivity index (χ1v) is 7.12. The van der Waals surface area contributed by atoms with E-state index in [1.807, 2.05) is 6.92 Å². The largest absolute Gasteiger partial charge is 0.340 e. The van der Waals surface area contributed by atoms with Gasteiger partial charge in [-0.2, -0.15) is 0 Å². The molecule has 1 aromatic rings. The van der Waals surface area contributed by atoms with Crippen LogP contribution in [0.25, 0.3) is 0 Å². The van der Waals surface area contributed by atoms with E-state index in [0.717, 1.165) is 11.0 Å². The summed E-state index contributed by atoms with van der Waals surface area (Å²) in [4.78, 5) is 48.8. The Morgan fingerprint density at radius 3 is 2.48 bits per heavy atom. The van der Waals surface area contributed by atoms with Crippen molar-refractivity contribution < 1.29 is 9.59 Å². The Hall–Kier alpha value is -2.18. The lowest BCUT2D eigenvalue weighted by molar-refractivity contribution is -0.135. The van der Waals surface area contributed by atoms with Crippen molar-refractivity contribution in [3.8, 4) is 0 Å². The lowest BCUT2D eigenvalue weighted by Crippen LogP contribution is -2.46. The molecule has 0 bridgehead atoms. The molecule has 1 saturated heterocycles. The van der Waals surface area contributed by atoms with Crippen LogP contribution in [0.2, 0.25) is 0 Å². The van der Waals surface area contributed by atoms with Crippen molar-refractivity contribution in [3.63, 3.8) is 0 Å². The van der Waals surface area contributed by atoms with Crippen molar-refractivity contribution in [2.24, 2.45) is 0 Å². The second-order valence-electron chi connectivity index (χ2n) is 5.14. The summed E-state index contributed by atoms with van der Waals surface area (Å²) in [6.07, 6.45) is 2.90. The second-order valence-corrected chi connectivity index (χ2v) is 5.14. The summed E-state index contributed by atoms with van der Waals surface area (Å²) in [6, 6.07) is 1.30. The van der Waals surface area contributed by atoms with Gasteiger partial charge in [-0.15, -0.1) is 0 Å². The summed E-state index contributed by atoms with van der Waals surface area (Å²) in [5, 5.41) is 0. The molecular formula is C14H19N3O4. The number of carbonyl (C=O) groups is 2. The summed E-state index contributed by atoms with van der Waals surface area (Å²) < 4.78 is 2.38. The van der Waals surface area contributed by atoms with Gasteiger partial charge in [0.1, 0.15) is 12.3 Å². The maximum Gasteiger partial charge on any atom is 0.331 e. The van der Waals surface area contributed by atoms with E-state index < -0.39 is 11.2 Å². The zero-order valence-corrected chi connectivity index (χ0v) is 12.1. The summed E-state index contributed by atoms with van der Waals surface area (Å²) in [5.74, 6) is -0.155. The summed E-state index contributed by atoms with van der Waals surface area (Å²) in [7, 11) is 0. The molecular weight excluding hydrogens is 274 g/mol.